The normalized spacial score (nSPS) is 10.5. The third kappa shape index (κ3) is 1.05. The number of phenolic OH excluding ortho intramolecular Hbond substituents is 1. The average Bonchev–Trinajstić information content (AvgIpc) is 2.12. The van der Waals surface area contributed by atoms with Crippen molar-refractivity contribution in [1.29, 1.82) is 0 Å². The molecule has 0 saturated carbocycles. The van der Waals surface area contributed by atoms with Gasteiger partial charge in [-0.15, -0.1) is 0 Å². The zero-order valence-electron chi connectivity index (χ0n) is 6.99. The number of hydrogen-bond acceptors (Lipinski definition) is 3. The van der Waals surface area contributed by atoms with E-state index in [-0.39, 0.29) is 5.75 Å². The molecular weight excluding hydrogens is 164 g/mol. The van der Waals surface area contributed by atoms with E-state index >= 15 is 0 Å². The van der Waals surface area contributed by atoms with Crippen LogP contribution in [0.5, 0.6) is 5.75 Å². The molecule has 0 radical (unpaired) electrons. The zero-order valence-corrected chi connectivity index (χ0v) is 6.99. The Bertz CT molecular complexity index is 466. The maximum Gasteiger partial charge on any atom is 0.125 e. The van der Waals surface area contributed by atoms with Crippen LogP contribution in [0.2, 0.25) is 0 Å². The van der Waals surface area contributed by atoms with Crippen LogP contribution in [0.15, 0.2) is 30.3 Å². The van der Waals surface area contributed by atoms with Gasteiger partial charge in [0, 0.05) is 5.39 Å². The van der Waals surface area contributed by atoms with Crippen molar-refractivity contribution in [2.45, 2.75) is 0 Å². The molecule has 0 saturated heterocycles. The van der Waals surface area contributed by atoms with Crippen LogP contribution in [0.3, 0.4) is 0 Å². The SMILES string of the molecule is Nc1ccc2cccc(O)c2c1N. The van der Waals surface area contributed by atoms with Crippen LogP contribution in [-0.4, -0.2) is 5.11 Å². The van der Waals surface area contributed by atoms with Crippen LogP contribution >= 0.6 is 0 Å². The van der Waals surface area contributed by atoms with Gasteiger partial charge in [0.2, 0.25) is 0 Å². The number of phenols is 1. The van der Waals surface area contributed by atoms with Crippen LogP contribution in [0.25, 0.3) is 10.8 Å². The first-order valence-corrected chi connectivity index (χ1v) is 3.96. The number of rotatable bonds is 0. The molecule has 0 amide bonds. The second-order valence-electron chi connectivity index (χ2n) is 2.94. The smallest absolute Gasteiger partial charge is 0.125 e. The lowest BCUT2D eigenvalue weighted by Gasteiger charge is -2.06. The molecule has 0 heterocycles. The van der Waals surface area contributed by atoms with Crippen LogP contribution in [-0.2, 0) is 0 Å². The fraction of sp³-hybridized carbons (Fsp3) is 0. The monoisotopic (exact) mass is 174 g/mol. The number of hydrogen-bond donors (Lipinski definition) is 3. The van der Waals surface area contributed by atoms with Gasteiger partial charge in [0.15, 0.2) is 0 Å². The zero-order chi connectivity index (χ0) is 9.42. The molecule has 0 atom stereocenters. The predicted octanol–water partition coefficient (Wildman–Crippen LogP) is 1.71. The quantitative estimate of drug-likeness (QED) is 0.532. The van der Waals surface area contributed by atoms with Gasteiger partial charge in [-0.1, -0.05) is 18.2 Å². The number of anilines is 2. The van der Waals surface area contributed by atoms with E-state index in [9.17, 15) is 5.11 Å². The second-order valence-corrected chi connectivity index (χ2v) is 2.94. The average molecular weight is 174 g/mol. The van der Waals surface area contributed by atoms with Crippen LogP contribution in [0.1, 0.15) is 0 Å². The van der Waals surface area contributed by atoms with Gasteiger partial charge in [0.05, 0.1) is 11.4 Å². The fourth-order valence-corrected chi connectivity index (χ4v) is 1.40. The third-order valence-corrected chi connectivity index (χ3v) is 2.10. The Morgan fingerprint density at radius 3 is 2.54 bits per heavy atom. The van der Waals surface area contributed by atoms with Gasteiger partial charge >= 0.3 is 0 Å². The molecule has 0 spiro atoms. The first-order chi connectivity index (χ1) is 6.20. The molecule has 0 unspecified atom stereocenters. The number of fused-ring (bicyclic) bond motifs is 1. The maximum atomic E-state index is 9.54. The summed E-state index contributed by atoms with van der Waals surface area (Å²) in [6, 6.07) is 8.81. The number of nitrogens with two attached hydrogens (primary N) is 2. The van der Waals surface area contributed by atoms with E-state index in [4.69, 9.17) is 11.5 Å². The Kier molecular flexibility index (Phi) is 1.52. The van der Waals surface area contributed by atoms with Gasteiger partial charge in [-0.25, -0.2) is 0 Å². The van der Waals surface area contributed by atoms with Crippen molar-refractivity contribution in [3.8, 4) is 5.75 Å². The van der Waals surface area contributed by atoms with Crippen molar-refractivity contribution in [2.75, 3.05) is 11.5 Å². The van der Waals surface area contributed by atoms with E-state index in [0.29, 0.717) is 16.8 Å². The lowest BCUT2D eigenvalue weighted by atomic mass is 10.1. The van der Waals surface area contributed by atoms with Crippen molar-refractivity contribution >= 4 is 22.1 Å². The lowest BCUT2D eigenvalue weighted by molar-refractivity contribution is 0.482. The van der Waals surface area contributed by atoms with E-state index in [1.165, 1.54) is 0 Å². The summed E-state index contributed by atoms with van der Waals surface area (Å²) >= 11 is 0. The first-order valence-electron chi connectivity index (χ1n) is 3.96. The van der Waals surface area contributed by atoms with Crippen molar-refractivity contribution in [2.24, 2.45) is 0 Å². The van der Waals surface area contributed by atoms with Crippen molar-refractivity contribution in [3.05, 3.63) is 30.3 Å². The predicted molar refractivity (Wildman–Crippen MR) is 54.4 cm³/mol. The molecule has 0 aliphatic carbocycles. The third-order valence-electron chi connectivity index (χ3n) is 2.10. The molecule has 0 bridgehead atoms. The lowest BCUT2D eigenvalue weighted by Crippen LogP contribution is -1.95. The molecule has 0 fully saturated rings. The summed E-state index contributed by atoms with van der Waals surface area (Å²) in [6.45, 7) is 0. The molecule has 2 aromatic rings. The van der Waals surface area contributed by atoms with Gasteiger partial charge in [0.25, 0.3) is 0 Å². The van der Waals surface area contributed by atoms with E-state index in [1.54, 1.807) is 18.2 Å². The Morgan fingerprint density at radius 1 is 1.00 bits per heavy atom. The second kappa shape index (κ2) is 2.55. The Balaban J connectivity index is 2.97. The van der Waals surface area contributed by atoms with Crippen LogP contribution < -0.4 is 11.5 Å². The highest BCUT2D eigenvalue weighted by molar-refractivity contribution is 6.02. The molecule has 0 aliphatic heterocycles. The molecule has 3 nitrogen and oxygen atoms in total. The van der Waals surface area contributed by atoms with Gasteiger partial charge in [-0.05, 0) is 17.5 Å². The summed E-state index contributed by atoms with van der Waals surface area (Å²) in [6.07, 6.45) is 0. The van der Waals surface area contributed by atoms with E-state index in [1.807, 2.05) is 12.1 Å². The highest BCUT2D eigenvalue weighted by atomic mass is 16.3. The van der Waals surface area contributed by atoms with Crippen molar-refractivity contribution in [3.63, 3.8) is 0 Å². The minimum atomic E-state index is 0.169. The van der Waals surface area contributed by atoms with Gasteiger partial charge in [-0.2, -0.15) is 0 Å². The van der Waals surface area contributed by atoms with Gasteiger partial charge in [0.1, 0.15) is 5.75 Å². The van der Waals surface area contributed by atoms with Gasteiger partial charge in [-0.3, -0.25) is 0 Å². The first kappa shape index (κ1) is 7.73. The minimum Gasteiger partial charge on any atom is -0.507 e. The Hall–Kier alpha value is -1.90. The summed E-state index contributed by atoms with van der Waals surface area (Å²) in [4.78, 5) is 0. The van der Waals surface area contributed by atoms with Crippen molar-refractivity contribution < 1.29 is 5.11 Å². The van der Waals surface area contributed by atoms with E-state index in [2.05, 4.69) is 0 Å². The molecule has 5 N–H and O–H groups in total. The molecule has 0 aromatic heterocycles. The minimum absolute atomic E-state index is 0.169. The molecule has 2 aromatic carbocycles. The fourth-order valence-electron chi connectivity index (χ4n) is 1.40. The molecule has 66 valence electrons. The highest BCUT2D eigenvalue weighted by Crippen LogP contribution is 2.33. The molecule has 0 aliphatic rings. The summed E-state index contributed by atoms with van der Waals surface area (Å²) in [5, 5.41) is 11.1. The van der Waals surface area contributed by atoms with E-state index in [0.717, 1.165) is 5.39 Å². The molecule has 2 rings (SSSR count). The van der Waals surface area contributed by atoms with Gasteiger partial charge < -0.3 is 16.6 Å². The summed E-state index contributed by atoms with van der Waals surface area (Å²) in [5.74, 6) is 0.169. The topological polar surface area (TPSA) is 72.3 Å². The summed E-state index contributed by atoms with van der Waals surface area (Å²) in [5.41, 5.74) is 12.3. The van der Waals surface area contributed by atoms with Crippen LogP contribution in [0.4, 0.5) is 11.4 Å². The Morgan fingerprint density at radius 2 is 1.77 bits per heavy atom. The molecule has 13 heavy (non-hydrogen) atoms. The molecular formula is C10H10N2O. The highest BCUT2D eigenvalue weighted by Gasteiger charge is 2.04. The van der Waals surface area contributed by atoms with Crippen molar-refractivity contribution in [1.82, 2.24) is 0 Å². The number of nitrogen functional groups attached to an aromatic ring is 2. The maximum absolute atomic E-state index is 9.54. The number of aromatic hydroxyl groups is 1. The Labute approximate surface area is 75.6 Å². The summed E-state index contributed by atoms with van der Waals surface area (Å²) < 4.78 is 0. The van der Waals surface area contributed by atoms with E-state index < -0.39 is 0 Å². The molecule has 3 heteroatoms. The standard InChI is InChI=1S/C10H10N2O/c11-7-5-4-6-2-1-3-8(13)9(6)10(7)12/h1-5,13H,11-12H2. The van der Waals surface area contributed by atoms with Crippen LogP contribution in [0, 0.1) is 0 Å². The largest absolute Gasteiger partial charge is 0.507 e. The number of benzene rings is 2. The summed E-state index contributed by atoms with van der Waals surface area (Å²) in [7, 11) is 0.